The fraction of sp³-hybridized carbons (Fsp3) is 0.0714. The zero-order valence-electron chi connectivity index (χ0n) is 9.51. The van der Waals surface area contributed by atoms with Gasteiger partial charge in [0.1, 0.15) is 0 Å². The van der Waals surface area contributed by atoms with E-state index in [2.05, 4.69) is 11.1 Å². The van der Waals surface area contributed by atoms with Crippen LogP contribution < -0.4 is 5.73 Å². The molecule has 2 aromatic heterocycles. The van der Waals surface area contributed by atoms with Crippen molar-refractivity contribution >= 4 is 33.7 Å². The predicted octanol–water partition coefficient (Wildman–Crippen LogP) is 4.00. The first-order chi connectivity index (χ1) is 8.77. The smallest absolute Gasteiger partial charge is 0.0682 e. The maximum Gasteiger partial charge on any atom is 0.0682 e. The number of fused-ring (bicyclic) bond motifs is 1. The molecule has 1 atom stereocenters. The summed E-state index contributed by atoms with van der Waals surface area (Å²) in [5.41, 5.74) is 7.33. The third-order valence-corrected chi connectivity index (χ3v) is 4.40. The zero-order valence-corrected chi connectivity index (χ0v) is 11.1. The Balaban J connectivity index is 2.18. The van der Waals surface area contributed by atoms with E-state index in [0.29, 0.717) is 0 Å². The molecule has 0 aliphatic carbocycles. The number of thiophene rings is 1. The number of hydrogen-bond acceptors (Lipinski definition) is 3. The van der Waals surface area contributed by atoms with Gasteiger partial charge in [-0.25, -0.2) is 0 Å². The molecule has 0 bridgehead atoms. The lowest BCUT2D eigenvalue weighted by Gasteiger charge is -2.13. The largest absolute Gasteiger partial charge is 0.319 e. The van der Waals surface area contributed by atoms with Crippen molar-refractivity contribution in [2.75, 3.05) is 0 Å². The fourth-order valence-electron chi connectivity index (χ4n) is 2.06. The molecule has 1 aromatic carbocycles. The number of aromatic nitrogens is 1. The van der Waals surface area contributed by atoms with Crippen LogP contribution in [-0.4, -0.2) is 4.98 Å². The Morgan fingerprint density at radius 3 is 2.78 bits per heavy atom. The maximum absolute atomic E-state index is 6.31. The second-order valence-electron chi connectivity index (χ2n) is 4.06. The second kappa shape index (κ2) is 4.69. The Bertz CT molecular complexity index is 688. The van der Waals surface area contributed by atoms with Crippen molar-refractivity contribution in [3.05, 3.63) is 63.6 Å². The van der Waals surface area contributed by atoms with Gasteiger partial charge in [0.05, 0.1) is 11.1 Å². The Morgan fingerprint density at radius 1 is 1.17 bits per heavy atom. The second-order valence-corrected chi connectivity index (χ2v) is 5.42. The highest BCUT2D eigenvalue weighted by Gasteiger charge is 2.16. The number of halogens is 1. The van der Waals surface area contributed by atoms with Crippen LogP contribution in [0, 0.1) is 0 Å². The van der Waals surface area contributed by atoms with Crippen LogP contribution in [0.5, 0.6) is 0 Å². The van der Waals surface area contributed by atoms with Crippen molar-refractivity contribution in [1.29, 1.82) is 0 Å². The van der Waals surface area contributed by atoms with Crippen LogP contribution in [0.2, 0.25) is 5.02 Å². The topological polar surface area (TPSA) is 38.9 Å². The van der Waals surface area contributed by atoms with Gasteiger partial charge in [-0.05, 0) is 16.8 Å². The van der Waals surface area contributed by atoms with Crippen LogP contribution in [0.3, 0.4) is 0 Å². The summed E-state index contributed by atoms with van der Waals surface area (Å²) in [5, 5.41) is 4.90. The lowest BCUT2D eigenvalue weighted by molar-refractivity contribution is 0.895. The summed E-state index contributed by atoms with van der Waals surface area (Å²) in [4.78, 5) is 5.24. The summed E-state index contributed by atoms with van der Waals surface area (Å²) >= 11 is 7.72. The molecule has 0 aliphatic rings. The number of nitrogens with zero attached hydrogens (tertiary/aromatic N) is 1. The van der Waals surface area contributed by atoms with Gasteiger partial charge in [0.2, 0.25) is 0 Å². The van der Waals surface area contributed by atoms with Crippen molar-refractivity contribution in [2.45, 2.75) is 6.04 Å². The van der Waals surface area contributed by atoms with Gasteiger partial charge < -0.3 is 5.73 Å². The number of pyridine rings is 1. The van der Waals surface area contributed by atoms with Gasteiger partial charge >= 0.3 is 0 Å². The molecule has 0 saturated carbocycles. The van der Waals surface area contributed by atoms with E-state index in [9.17, 15) is 0 Å². The van der Waals surface area contributed by atoms with Crippen LogP contribution in [0.1, 0.15) is 16.5 Å². The highest BCUT2D eigenvalue weighted by atomic mass is 35.5. The van der Waals surface area contributed by atoms with Crippen molar-refractivity contribution in [1.82, 2.24) is 4.98 Å². The summed E-state index contributed by atoms with van der Waals surface area (Å²) in [6, 6.07) is 9.75. The first-order valence-corrected chi connectivity index (χ1v) is 6.84. The molecule has 2 N–H and O–H groups in total. The molecule has 1 unspecified atom stereocenters. The Hall–Kier alpha value is -1.42. The molecule has 0 saturated heterocycles. The highest BCUT2D eigenvalue weighted by Crippen LogP contribution is 2.33. The summed E-state index contributed by atoms with van der Waals surface area (Å²) in [5.74, 6) is 0. The average molecular weight is 275 g/mol. The normalized spacial score (nSPS) is 12.8. The van der Waals surface area contributed by atoms with Gasteiger partial charge in [0.25, 0.3) is 0 Å². The summed E-state index contributed by atoms with van der Waals surface area (Å²) in [6.45, 7) is 0. The zero-order chi connectivity index (χ0) is 12.5. The SMILES string of the molecule is NC(c1sccc1Cl)c1cncc2ccccc12. The third kappa shape index (κ3) is 1.90. The van der Waals surface area contributed by atoms with E-state index in [1.54, 1.807) is 11.3 Å². The van der Waals surface area contributed by atoms with Gasteiger partial charge in [0.15, 0.2) is 0 Å². The molecule has 0 aliphatic heterocycles. The van der Waals surface area contributed by atoms with Gasteiger partial charge in [0, 0.05) is 28.2 Å². The molecule has 0 amide bonds. The van der Waals surface area contributed by atoms with Crippen molar-refractivity contribution in [3.63, 3.8) is 0 Å². The molecule has 18 heavy (non-hydrogen) atoms. The summed E-state index contributed by atoms with van der Waals surface area (Å²) in [6.07, 6.45) is 3.67. The minimum atomic E-state index is -0.226. The Kier molecular flexibility index (Phi) is 3.04. The van der Waals surface area contributed by atoms with E-state index in [4.69, 9.17) is 17.3 Å². The first-order valence-electron chi connectivity index (χ1n) is 5.58. The molecule has 3 rings (SSSR count). The van der Waals surface area contributed by atoms with Crippen molar-refractivity contribution in [2.24, 2.45) is 5.73 Å². The molecule has 2 heterocycles. The maximum atomic E-state index is 6.31. The van der Waals surface area contributed by atoms with Gasteiger partial charge in [-0.1, -0.05) is 35.9 Å². The average Bonchev–Trinajstić information content (AvgIpc) is 2.83. The van der Waals surface area contributed by atoms with E-state index in [-0.39, 0.29) is 6.04 Å². The minimum absolute atomic E-state index is 0.226. The molecule has 4 heteroatoms. The number of rotatable bonds is 2. The molecule has 0 spiro atoms. The lowest BCUT2D eigenvalue weighted by Crippen LogP contribution is -2.11. The van der Waals surface area contributed by atoms with E-state index in [0.717, 1.165) is 26.2 Å². The molecule has 0 radical (unpaired) electrons. The lowest BCUT2D eigenvalue weighted by atomic mass is 10.0. The monoisotopic (exact) mass is 274 g/mol. The Labute approximate surface area is 114 Å². The van der Waals surface area contributed by atoms with Crippen LogP contribution >= 0.6 is 22.9 Å². The molecular weight excluding hydrogens is 264 g/mol. The van der Waals surface area contributed by atoms with Gasteiger partial charge in [-0.15, -0.1) is 11.3 Å². The van der Waals surface area contributed by atoms with Crippen LogP contribution in [0.25, 0.3) is 10.8 Å². The molecular formula is C14H11ClN2S. The summed E-state index contributed by atoms with van der Waals surface area (Å²) < 4.78 is 0. The first kappa shape index (κ1) is 11.7. The number of hydrogen-bond donors (Lipinski definition) is 1. The summed E-state index contributed by atoms with van der Waals surface area (Å²) in [7, 11) is 0. The third-order valence-electron chi connectivity index (χ3n) is 2.96. The van der Waals surface area contributed by atoms with Crippen LogP contribution in [-0.2, 0) is 0 Å². The van der Waals surface area contributed by atoms with E-state index in [1.165, 1.54) is 0 Å². The number of nitrogens with two attached hydrogens (primary N) is 1. The predicted molar refractivity (Wildman–Crippen MR) is 77.1 cm³/mol. The molecule has 3 aromatic rings. The quantitative estimate of drug-likeness (QED) is 0.767. The molecule has 0 fully saturated rings. The van der Waals surface area contributed by atoms with Crippen LogP contribution in [0.4, 0.5) is 0 Å². The van der Waals surface area contributed by atoms with E-state index in [1.807, 2.05) is 42.0 Å². The highest BCUT2D eigenvalue weighted by molar-refractivity contribution is 7.10. The fourth-order valence-corrected chi connectivity index (χ4v) is 3.25. The van der Waals surface area contributed by atoms with Crippen molar-refractivity contribution in [3.8, 4) is 0 Å². The Morgan fingerprint density at radius 2 is 2.00 bits per heavy atom. The minimum Gasteiger partial charge on any atom is -0.319 e. The number of benzene rings is 1. The van der Waals surface area contributed by atoms with Gasteiger partial charge in [-0.2, -0.15) is 0 Å². The standard InChI is InChI=1S/C14H11ClN2S/c15-12-5-6-18-14(12)13(16)11-8-17-7-9-3-1-2-4-10(9)11/h1-8,13H,16H2. The van der Waals surface area contributed by atoms with Crippen LogP contribution in [0.15, 0.2) is 48.1 Å². The molecule has 90 valence electrons. The van der Waals surface area contributed by atoms with E-state index >= 15 is 0 Å². The van der Waals surface area contributed by atoms with E-state index < -0.39 is 0 Å². The van der Waals surface area contributed by atoms with Gasteiger partial charge in [-0.3, -0.25) is 4.98 Å². The molecule has 2 nitrogen and oxygen atoms in total. The van der Waals surface area contributed by atoms with Crippen molar-refractivity contribution < 1.29 is 0 Å².